The van der Waals surface area contributed by atoms with Crippen LogP contribution in [0, 0.1) is 6.92 Å². The van der Waals surface area contributed by atoms with E-state index in [9.17, 15) is 0 Å². The topological polar surface area (TPSA) is 64.9 Å². The fraction of sp³-hybridized carbons (Fsp3) is 0.111. The molecule has 0 unspecified atom stereocenters. The molecule has 1 aromatic heterocycles. The van der Waals surface area contributed by atoms with Gasteiger partial charge in [0.05, 0.1) is 10.7 Å². The Morgan fingerprint density at radius 2 is 2.20 bits per heavy atom. The highest BCUT2D eigenvalue weighted by molar-refractivity contribution is 7.99. The molecule has 0 atom stereocenters. The number of para-hydroxylation sites is 1. The number of nitrogens with two attached hydrogens (primary N) is 1. The number of anilines is 1. The molecule has 0 bridgehead atoms. The van der Waals surface area contributed by atoms with Gasteiger partial charge >= 0.3 is 0 Å². The largest absolute Gasteiger partial charge is 0.416 e. The van der Waals surface area contributed by atoms with E-state index in [2.05, 4.69) is 10.2 Å². The Hall–Kier alpha value is -1.20. The van der Waals surface area contributed by atoms with Crippen LogP contribution in [0.25, 0.3) is 0 Å². The van der Waals surface area contributed by atoms with Crippen molar-refractivity contribution in [2.24, 2.45) is 0 Å². The van der Waals surface area contributed by atoms with Crippen molar-refractivity contribution in [2.75, 3.05) is 5.73 Å². The number of nitrogens with zero attached hydrogens (tertiary/aromatic N) is 2. The summed E-state index contributed by atoms with van der Waals surface area (Å²) in [6.07, 6.45) is 0. The smallest absolute Gasteiger partial charge is 0.281 e. The summed E-state index contributed by atoms with van der Waals surface area (Å²) >= 11 is 7.18. The number of halogens is 1. The van der Waals surface area contributed by atoms with Crippen LogP contribution in [0.3, 0.4) is 0 Å². The van der Waals surface area contributed by atoms with E-state index in [1.54, 1.807) is 13.0 Å². The molecule has 0 spiro atoms. The van der Waals surface area contributed by atoms with E-state index >= 15 is 0 Å². The van der Waals surface area contributed by atoms with E-state index in [4.69, 9.17) is 21.8 Å². The lowest BCUT2D eigenvalue weighted by Crippen LogP contribution is -1.89. The number of hydrogen-bond acceptors (Lipinski definition) is 5. The predicted molar refractivity (Wildman–Crippen MR) is 59.0 cm³/mol. The molecule has 0 aliphatic heterocycles. The minimum absolute atomic E-state index is 0.460. The van der Waals surface area contributed by atoms with Gasteiger partial charge in [0.1, 0.15) is 0 Å². The Morgan fingerprint density at radius 1 is 1.40 bits per heavy atom. The third-order valence-corrected chi connectivity index (χ3v) is 2.96. The van der Waals surface area contributed by atoms with Gasteiger partial charge in [-0.05, 0) is 23.9 Å². The molecule has 78 valence electrons. The van der Waals surface area contributed by atoms with E-state index < -0.39 is 0 Å². The summed E-state index contributed by atoms with van der Waals surface area (Å²) in [7, 11) is 0. The molecule has 2 rings (SSSR count). The van der Waals surface area contributed by atoms with Gasteiger partial charge in [-0.1, -0.05) is 17.7 Å². The standard InChI is InChI=1S/C9H8ClN3OS/c1-5-12-13-9(14-5)15-7-4-2-3-6(10)8(7)11/h2-4H,11H2,1H3. The van der Waals surface area contributed by atoms with Gasteiger partial charge in [0.15, 0.2) is 0 Å². The van der Waals surface area contributed by atoms with Crippen LogP contribution in [-0.4, -0.2) is 10.2 Å². The van der Waals surface area contributed by atoms with E-state index in [-0.39, 0.29) is 0 Å². The fourth-order valence-electron chi connectivity index (χ4n) is 1.02. The first-order chi connectivity index (χ1) is 7.16. The molecule has 0 amide bonds. The Labute approximate surface area is 95.8 Å². The van der Waals surface area contributed by atoms with Crippen LogP contribution in [0.1, 0.15) is 5.89 Å². The van der Waals surface area contributed by atoms with Crippen molar-refractivity contribution in [1.29, 1.82) is 0 Å². The highest BCUT2D eigenvalue weighted by atomic mass is 35.5. The summed E-state index contributed by atoms with van der Waals surface area (Å²) in [5.74, 6) is 0.526. The fourth-order valence-corrected chi connectivity index (χ4v) is 2.05. The summed E-state index contributed by atoms with van der Waals surface area (Å²) in [6.45, 7) is 1.73. The average Bonchev–Trinajstić information content (AvgIpc) is 2.59. The second kappa shape index (κ2) is 4.12. The molecule has 0 aliphatic carbocycles. The normalized spacial score (nSPS) is 10.5. The molecule has 0 aliphatic rings. The van der Waals surface area contributed by atoms with Crippen LogP contribution < -0.4 is 5.73 Å². The lowest BCUT2D eigenvalue weighted by atomic mass is 10.3. The second-order valence-electron chi connectivity index (χ2n) is 2.84. The van der Waals surface area contributed by atoms with Gasteiger partial charge < -0.3 is 10.2 Å². The zero-order valence-corrected chi connectivity index (χ0v) is 9.47. The van der Waals surface area contributed by atoms with Crippen molar-refractivity contribution in [3.63, 3.8) is 0 Å². The molecule has 0 fully saturated rings. The summed E-state index contributed by atoms with van der Waals surface area (Å²) in [6, 6.07) is 5.41. The molecule has 1 heterocycles. The number of benzene rings is 1. The molecular weight excluding hydrogens is 234 g/mol. The molecule has 1 aromatic carbocycles. The third kappa shape index (κ3) is 2.24. The maximum atomic E-state index is 5.88. The summed E-state index contributed by atoms with van der Waals surface area (Å²) in [4.78, 5) is 0.811. The Kier molecular flexibility index (Phi) is 2.83. The van der Waals surface area contributed by atoms with Crippen molar-refractivity contribution < 1.29 is 4.42 Å². The lowest BCUT2D eigenvalue weighted by Gasteiger charge is -2.02. The number of aryl methyl sites for hydroxylation is 1. The number of hydrogen-bond donors (Lipinski definition) is 1. The first-order valence-corrected chi connectivity index (χ1v) is 5.38. The highest BCUT2D eigenvalue weighted by Crippen LogP contribution is 2.34. The monoisotopic (exact) mass is 241 g/mol. The molecule has 2 N–H and O–H groups in total. The molecule has 6 heteroatoms. The van der Waals surface area contributed by atoms with Crippen LogP contribution >= 0.6 is 23.4 Å². The van der Waals surface area contributed by atoms with Crippen LogP contribution in [0.2, 0.25) is 5.02 Å². The zero-order valence-electron chi connectivity index (χ0n) is 7.90. The van der Waals surface area contributed by atoms with Crippen LogP contribution in [0.4, 0.5) is 5.69 Å². The highest BCUT2D eigenvalue weighted by Gasteiger charge is 2.09. The number of aromatic nitrogens is 2. The zero-order chi connectivity index (χ0) is 10.8. The van der Waals surface area contributed by atoms with Crippen LogP contribution in [0.5, 0.6) is 0 Å². The number of nitrogen functional groups attached to an aromatic ring is 1. The molecule has 0 saturated heterocycles. The van der Waals surface area contributed by atoms with Crippen molar-refractivity contribution in [3.8, 4) is 0 Å². The molecule has 0 saturated carbocycles. The van der Waals surface area contributed by atoms with E-state index in [1.807, 2.05) is 12.1 Å². The average molecular weight is 242 g/mol. The molecule has 15 heavy (non-hydrogen) atoms. The summed E-state index contributed by atoms with van der Waals surface area (Å²) in [5, 5.41) is 8.57. The van der Waals surface area contributed by atoms with Crippen LogP contribution in [-0.2, 0) is 0 Å². The van der Waals surface area contributed by atoms with Gasteiger partial charge in [-0.2, -0.15) is 0 Å². The molecule has 0 radical (unpaired) electrons. The van der Waals surface area contributed by atoms with Crippen molar-refractivity contribution >= 4 is 29.1 Å². The van der Waals surface area contributed by atoms with Gasteiger partial charge in [0, 0.05) is 11.8 Å². The van der Waals surface area contributed by atoms with E-state index in [1.165, 1.54) is 11.8 Å². The first-order valence-electron chi connectivity index (χ1n) is 4.19. The van der Waals surface area contributed by atoms with Crippen molar-refractivity contribution in [1.82, 2.24) is 10.2 Å². The second-order valence-corrected chi connectivity index (χ2v) is 4.24. The SMILES string of the molecule is Cc1nnc(Sc2cccc(Cl)c2N)o1. The maximum Gasteiger partial charge on any atom is 0.281 e. The van der Waals surface area contributed by atoms with Gasteiger partial charge in [-0.25, -0.2) is 0 Å². The van der Waals surface area contributed by atoms with Crippen LogP contribution in [0.15, 0.2) is 32.7 Å². The van der Waals surface area contributed by atoms with E-state index in [0.29, 0.717) is 21.8 Å². The van der Waals surface area contributed by atoms with Gasteiger partial charge in [-0.15, -0.1) is 10.2 Å². The first kappa shape index (κ1) is 10.3. The summed E-state index contributed by atoms with van der Waals surface area (Å²) in [5.41, 5.74) is 6.32. The molecular formula is C9H8ClN3OS. The predicted octanol–water partition coefficient (Wildman–Crippen LogP) is 2.76. The third-order valence-electron chi connectivity index (χ3n) is 1.72. The van der Waals surface area contributed by atoms with Crippen molar-refractivity contribution in [3.05, 3.63) is 29.1 Å². The van der Waals surface area contributed by atoms with Crippen molar-refractivity contribution in [2.45, 2.75) is 17.0 Å². The lowest BCUT2D eigenvalue weighted by molar-refractivity contribution is 0.429. The quantitative estimate of drug-likeness (QED) is 0.819. The Balaban J connectivity index is 2.28. The minimum atomic E-state index is 0.460. The summed E-state index contributed by atoms with van der Waals surface area (Å²) < 4.78 is 5.22. The Bertz CT molecular complexity index is 486. The maximum absolute atomic E-state index is 5.88. The number of rotatable bonds is 2. The molecule has 2 aromatic rings. The minimum Gasteiger partial charge on any atom is -0.416 e. The van der Waals surface area contributed by atoms with Gasteiger partial charge in [0.2, 0.25) is 5.89 Å². The van der Waals surface area contributed by atoms with Gasteiger partial charge in [0.25, 0.3) is 5.22 Å². The van der Waals surface area contributed by atoms with E-state index in [0.717, 1.165) is 4.90 Å². The Morgan fingerprint density at radius 3 is 2.87 bits per heavy atom. The molecule has 4 nitrogen and oxygen atoms in total. The van der Waals surface area contributed by atoms with Gasteiger partial charge in [-0.3, -0.25) is 0 Å².